The van der Waals surface area contributed by atoms with Crippen LogP contribution in [-0.4, -0.2) is 17.3 Å². The number of hydrogen-bond acceptors (Lipinski definition) is 4. The number of fused-ring (bicyclic) bond motifs is 1. The SMILES string of the molecule is CCNC(c1cncc(F)c1)c1cc2c(s1)CCSC2. The third-order valence-corrected chi connectivity index (χ3v) is 5.71. The summed E-state index contributed by atoms with van der Waals surface area (Å²) in [5.74, 6) is 2.04. The first-order chi connectivity index (χ1) is 9.78. The number of nitrogens with one attached hydrogen (secondary N) is 1. The Hall–Kier alpha value is -0.910. The van der Waals surface area contributed by atoms with E-state index in [2.05, 4.69) is 23.3 Å². The van der Waals surface area contributed by atoms with Gasteiger partial charge in [0.2, 0.25) is 0 Å². The number of thiophene rings is 1. The van der Waals surface area contributed by atoms with Gasteiger partial charge in [0.05, 0.1) is 12.2 Å². The van der Waals surface area contributed by atoms with Gasteiger partial charge in [-0.05, 0) is 42.0 Å². The smallest absolute Gasteiger partial charge is 0.141 e. The Morgan fingerprint density at radius 3 is 3.05 bits per heavy atom. The second kappa shape index (κ2) is 6.24. The van der Waals surface area contributed by atoms with E-state index in [0.29, 0.717) is 0 Å². The lowest BCUT2D eigenvalue weighted by Gasteiger charge is -2.16. The van der Waals surface area contributed by atoms with E-state index in [-0.39, 0.29) is 11.9 Å². The third kappa shape index (κ3) is 2.90. The maximum atomic E-state index is 13.4. The normalized spacial score (nSPS) is 15.9. The monoisotopic (exact) mass is 308 g/mol. The Bertz CT molecular complexity index is 574. The first-order valence-corrected chi connectivity index (χ1v) is 8.78. The van der Waals surface area contributed by atoms with Crippen molar-refractivity contribution >= 4 is 23.1 Å². The summed E-state index contributed by atoms with van der Waals surface area (Å²) in [6.07, 6.45) is 4.16. The second-order valence-corrected chi connectivity index (χ2v) is 7.10. The number of aromatic nitrogens is 1. The van der Waals surface area contributed by atoms with E-state index >= 15 is 0 Å². The van der Waals surface area contributed by atoms with Gasteiger partial charge >= 0.3 is 0 Å². The fourth-order valence-electron chi connectivity index (χ4n) is 2.49. The first kappa shape index (κ1) is 14.0. The minimum Gasteiger partial charge on any atom is -0.306 e. The summed E-state index contributed by atoms with van der Waals surface area (Å²) in [7, 11) is 0. The molecule has 1 atom stereocenters. The highest BCUT2D eigenvalue weighted by atomic mass is 32.2. The highest BCUT2D eigenvalue weighted by molar-refractivity contribution is 7.98. The minimum absolute atomic E-state index is 0.0452. The van der Waals surface area contributed by atoms with Crippen LogP contribution in [0.1, 0.15) is 33.8 Å². The molecule has 0 aliphatic carbocycles. The standard InChI is InChI=1S/C15H17FN2S2/c1-2-18-15(10-5-12(16)8-17-7-10)14-6-11-9-19-4-3-13(11)20-14/h5-8,15,18H,2-4,9H2,1H3. The van der Waals surface area contributed by atoms with Crippen molar-refractivity contribution in [1.29, 1.82) is 0 Å². The van der Waals surface area contributed by atoms with Crippen LogP contribution in [0.5, 0.6) is 0 Å². The predicted molar refractivity (Wildman–Crippen MR) is 83.9 cm³/mol. The molecule has 2 nitrogen and oxygen atoms in total. The van der Waals surface area contributed by atoms with Crippen LogP contribution in [0.3, 0.4) is 0 Å². The van der Waals surface area contributed by atoms with Crippen molar-refractivity contribution in [1.82, 2.24) is 10.3 Å². The number of nitrogens with zero attached hydrogens (tertiary/aromatic N) is 1. The summed E-state index contributed by atoms with van der Waals surface area (Å²) in [6.45, 7) is 2.92. The molecule has 0 bridgehead atoms. The first-order valence-electron chi connectivity index (χ1n) is 6.81. The van der Waals surface area contributed by atoms with Crippen LogP contribution in [0.2, 0.25) is 0 Å². The third-order valence-electron chi connectivity index (χ3n) is 3.40. The molecule has 2 aromatic rings. The van der Waals surface area contributed by atoms with E-state index in [1.54, 1.807) is 12.3 Å². The van der Waals surface area contributed by atoms with Crippen LogP contribution in [-0.2, 0) is 12.2 Å². The Balaban J connectivity index is 1.95. The van der Waals surface area contributed by atoms with Gasteiger partial charge in [0.1, 0.15) is 5.82 Å². The average Bonchev–Trinajstić information content (AvgIpc) is 2.88. The van der Waals surface area contributed by atoms with Gasteiger partial charge in [0.25, 0.3) is 0 Å². The number of aryl methyl sites for hydroxylation is 1. The van der Waals surface area contributed by atoms with Crippen molar-refractivity contribution in [2.24, 2.45) is 0 Å². The molecule has 0 amide bonds. The van der Waals surface area contributed by atoms with E-state index in [9.17, 15) is 4.39 Å². The number of pyridine rings is 1. The lowest BCUT2D eigenvalue weighted by Crippen LogP contribution is -2.21. The molecule has 0 saturated carbocycles. The largest absolute Gasteiger partial charge is 0.306 e. The zero-order chi connectivity index (χ0) is 13.9. The van der Waals surface area contributed by atoms with Crippen LogP contribution in [0.25, 0.3) is 0 Å². The van der Waals surface area contributed by atoms with Crippen molar-refractivity contribution < 1.29 is 4.39 Å². The van der Waals surface area contributed by atoms with Gasteiger partial charge in [-0.2, -0.15) is 11.8 Å². The molecule has 1 aliphatic heterocycles. The maximum absolute atomic E-state index is 13.4. The van der Waals surface area contributed by atoms with Crippen molar-refractivity contribution in [3.63, 3.8) is 0 Å². The second-order valence-electron chi connectivity index (χ2n) is 4.83. The van der Waals surface area contributed by atoms with Gasteiger partial charge in [0, 0.05) is 21.7 Å². The molecule has 1 unspecified atom stereocenters. The molecule has 1 aliphatic rings. The highest BCUT2D eigenvalue weighted by Gasteiger charge is 2.20. The maximum Gasteiger partial charge on any atom is 0.141 e. The molecule has 3 heterocycles. The summed E-state index contributed by atoms with van der Waals surface area (Å²) in [4.78, 5) is 6.74. The van der Waals surface area contributed by atoms with E-state index in [1.165, 1.54) is 27.3 Å². The Morgan fingerprint density at radius 1 is 1.40 bits per heavy atom. The molecule has 0 radical (unpaired) electrons. The molecule has 3 rings (SSSR count). The topological polar surface area (TPSA) is 24.9 Å². The molecule has 0 saturated heterocycles. The molecule has 5 heteroatoms. The Kier molecular flexibility index (Phi) is 4.38. The van der Waals surface area contributed by atoms with E-state index < -0.39 is 0 Å². The van der Waals surface area contributed by atoms with Crippen molar-refractivity contribution in [2.45, 2.75) is 25.1 Å². The van der Waals surface area contributed by atoms with E-state index in [0.717, 1.165) is 24.3 Å². The number of hydrogen-bond donors (Lipinski definition) is 1. The average molecular weight is 308 g/mol. The van der Waals surface area contributed by atoms with Gasteiger partial charge in [0.15, 0.2) is 0 Å². The van der Waals surface area contributed by atoms with Crippen LogP contribution in [0.4, 0.5) is 4.39 Å². The zero-order valence-corrected chi connectivity index (χ0v) is 13.0. The summed E-state index contributed by atoms with van der Waals surface area (Å²) in [6, 6.07) is 3.90. The number of halogens is 1. The van der Waals surface area contributed by atoms with Gasteiger partial charge in [-0.3, -0.25) is 4.98 Å². The molecule has 0 fully saturated rings. The Morgan fingerprint density at radius 2 is 2.30 bits per heavy atom. The van der Waals surface area contributed by atoms with Crippen molar-refractivity contribution in [2.75, 3.05) is 12.3 Å². The highest BCUT2D eigenvalue weighted by Crippen LogP contribution is 2.36. The predicted octanol–water partition coefficient (Wildman–Crippen LogP) is 3.77. The molecule has 106 valence electrons. The van der Waals surface area contributed by atoms with Crippen LogP contribution >= 0.6 is 23.1 Å². The zero-order valence-electron chi connectivity index (χ0n) is 11.4. The molecule has 1 N–H and O–H groups in total. The fraction of sp³-hybridized carbons (Fsp3) is 0.400. The number of thioether (sulfide) groups is 1. The van der Waals surface area contributed by atoms with Crippen LogP contribution in [0, 0.1) is 5.82 Å². The van der Waals surface area contributed by atoms with Crippen molar-refractivity contribution in [3.05, 3.63) is 51.2 Å². The molecule has 0 aromatic carbocycles. The summed E-state index contributed by atoms with van der Waals surface area (Å²) < 4.78 is 13.4. The van der Waals surface area contributed by atoms with Gasteiger partial charge < -0.3 is 5.32 Å². The molecule has 0 spiro atoms. The van der Waals surface area contributed by atoms with Gasteiger partial charge in [-0.15, -0.1) is 11.3 Å². The van der Waals surface area contributed by atoms with Crippen LogP contribution in [0.15, 0.2) is 24.5 Å². The summed E-state index contributed by atoms with van der Waals surface area (Å²) >= 11 is 3.85. The van der Waals surface area contributed by atoms with E-state index in [1.807, 2.05) is 23.1 Å². The van der Waals surface area contributed by atoms with Crippen LogP contribution < -0.4 is 5.32 Å². The lowest BCUT2D eigenvalue weighted by molar-refractivity contribution is 0.599. The summed E-state index contributed by atoms with van der Waals surface area (Å²) in [5.41, 5.74) is 2.35. The molecular formula is C15H17FN2S2. The Labute approximate surface area is 126 Å². The molecule has 2 aromatic heterocycles. The van der Waals surface area contributed by atoms with Gasteiger partial charge in [-0.1, -0.05) is 6.92 Å². The quantitative estimate of drug-likeness (QED) is 0.930. The lowest BCUT2D eigenvalue weighted by atomic mass is 10.1. The van der Waals surface area contributed by atoms with Gasteiger partial charge in [-0.25, -0.2) is 4.39 Å². The summed E-state index contributed by atoms with van der Waals surface area (Å²) in [5, 5.41) is 3.45. The molecular weight excluding hydrogens is 291 g/mol. The van der Waals surface area contributed by atoms with Crippen molar-refractivity contribution in [3.8, 4) is 0 Å². The number of rotatable bonds is 4. The fourth-order valence-corrected chi connectivity index (χ4v) is 4.97. The molecule has 20 heavy (non-hydrogen) atoms. The van der Waals surface area contributed by atoms with E-state index in [4.69, 9.17) is 0 Å². The minimum atomic E-state index is -0.276.